The molecule has 0 saturated carbocycles. The van der Waals surface area contributed by atoms with Gasteiger partial charge in [-0.2, -0.15) is 0 Å². The van der Waals surface area contributed by atoms with Crippen LogP contribution in [0.25, 0.3) is 11.3 Å². The molecular weight excluding hydrogens is 319 g/mol. The Bertz CT molecular complexity index is 708. The molecule has 0 spiro atoms. The lowest BCUT2D eigenvalue weighted by atomic mass is 10.1. The SMILES string of the molecule is COCC(COC)Nc1cc(-c2ccc(F)cc2[N+](=O)[O-])ncn1. The van der Waals surface area contributed by atoms with Crippen molar-refractivity contribution in [3.05, 3.63) is 46.5 Å². The molecule has 0 aliphatic carbocycles. The van der Waals surface area contributed by atoms with Crippen LogP contribution in [0.1, 0.15) is 0 Å². The van der Waals surface area contributed by atoms with Gasteiger partial charge in [-0.3, -0.25) is 10.1 Å². The Labute approximate surface area is 137 Å². The van der Waals surface area contributed by atoms with Crippen LogP contribution in [0.2, 0.25) is 0 Å². The lowest BCUT2D eigenvalue weighted by Gasteiger charge is -2.17. The number of aromatic nitrogens is 2. The Morgan fingerprint density at radius 1 is 1.25 bits per heavy atom. The fourth-order valence-electron chi connectivity index (χ4n) is 2.20. The Morgan fingerprint density at radius 2 is 1.96 bits per heavy atom. The maximum absolute atomic E-state index is 13.3. The molecule has 1 aromatic heterocycles. The number of hydrogen-bond donors (Lipinski definition) is 1. The van der Waals surface area contributed by atoms with Gasteiger partial charge in [0.2, 0.25) is 0 Å². The van der Waals surface area contributed by atoms with Gasteiger partial charge in [-0.05, 0) is 12.1 Å². The largest absolute Gasteiger partial charge is 0.382 e. The summed E-state index contributed by atoms with van der Waals surface area (Å²) in [4.78, 5) is 18.6. The average Bonchev–Trinajstić information content (AvgIpc) is 2.55. The van der Waals surface area contributed by atoms with Gasteiger partial charge in [-0.1, -0.05) is 0 Å². The van der Waals surface area contributed by atoms with Gasteiger partial charge in [0.15, 0.2) is 0 Å². The zero-order chi connectivity index (χ0) is 17.5. The topological polar surface area (TPSA) is 99.4 Å². The molecule has 1 N–H and O–H groups in total. The van der Waals surface area contributed by atoms with E-state index in [2.05, 4.69) is 15.3 Å². The molecule has 0 unspecified atom stereocenters. The van der Waals surface area contributed by atoms with Gasteiger partial charge in [0, 0.05) is 20.3 Å². The molecule has 0 bridgehead atoms. The van der Waals surface area contributed by atoms with E-state index >= 15 is 0 Å². The fourth-order valence-corrected chi connectivity index (χ4v) is 2.20. The first kappa shape index (κ1) is 17.7. The summed E-state index contributed by atoms with van der Waals surface area (Å²) in [6.07, 6.45) is 1.28. The number of halogens is 1. The highest BCUT2D eigenvalue weighted by Crippen LogP contribution is 2.29. The van der Waals surface area contributed by atoms with Crippen LogP contribution in [0.3, 0.4) is 0 Å². The number of nitrogens with one attached hydrogen (secondary N) is 1. The molecule has 8 nitrogen and oxygen atoms in total. The molecule has 2 rings (SSSR count). The van der Waals surface area contributed by atoms with Crippen LogP contribution < -0.4 is 5.32 Å². The van der Waals surface area contributed by atoms with E-state index in [1.165, 1.54) is 12.4 Å². The smallest absolute Gasteiger partial charge is 0.281 e. The van der Waals surface area contributed by atoms with Crippen LogP contribution in [0, 0.1) is 15.9 Å². The molecule has 1 aromatic carbocycles. The second-order valence-electron chi connectivity index (χ2n) is 4.96. The van der Waals surface area contributed by atoms with Crippen LogP contribution in [0.5, 0.6) is 0 Å². The third-order valence-electron chi connectivity index (χ3n) is 3.19. The normalized spacial score (nSPS) is 10.8. The molecule has 9 heteroatoms. The quantitative estimate of drug-likeness (QED) is 0.583. The van der Waals surface area contributed by atoms with Crippen molar-refractivity contribution in [3.63, 3.8) is 0 Å². The Kier molecular flexibility index (Phi) is 6.10. The summed E-state index contributed by atoms with van der Waals surface area (Å²) in [7, 11) is 3.13. The second kappa shape index (κ2) is 8.27. The molecule has 0 fully saturated rings. The van der Waals surface area contributed by atoms with Crippen LogP contribution in [0.15, 0.2) is 30.6 Å². The Morgan fingerprint density at radius 3 is 2.58 bits per heavy atom. The molecule has 0 aliphatic rings. The van der Waals surface area contributed by atoms with Gasteiger partial charge < -0.3 is 14.8 Å². The average molecular weight is 336 g/mol. The summed E-state index contributed by atoms with van der Waals surface area (Å²) in [5.74, 6) is -0.226. The van der Waals surface area contributed by atoms with E-state index in [4.69, 9.17) is 9.47 Å². The standard InChI is InChI=1S/C15H17FN4O4/c1-23-7-11(8-24-2)19-15-6-13(17-9-18-15)12-4-3-10(16)5-14(12)20(21)22/h3-6,9,11H,7-8H2,1-2H3,(H,17,18,19). The number of nitro groups is 1. The van der Waals surface area contributed by atoms with Gasteiger partial charge in [-0.15, -0.1) is 0 Å². The number of ether oxygens (including phenoxy) is 2. The molecule has 1 heterocycles. The van der Waals surface area contributed by atoms with E-state index in [9.17, 15) is 14.5 Å². The van der Waals surface area contributed by atoms with E-state index in [1.54, 1.807) is 20.3 Å². The Hall–Kier alpha value is -2.65. The van der Waals surface area contributed by atoms with E-state index in [0.29, 0.717) is 24.7 Å². The van der Waals surface area contributed by atoms with Crippen LogP contribution in [0.4, 0.5) is 15.9 Å². The monoisotopic (exact) mass is 336 g/mol. The summed E-state index contributed by atoms with van der Waals surface area (Å²) >= 11 is 0. The molecular formula is C15H17FN4O4. The number of nitrogens with zero attached hydrogens (tertiary/aromatic N) is 3. The lowest BCUT2D eigenvalue weighted by Crippen LogP contribution is -2.30. The molecule has 0 amide bonds. The minimum absolute atomic E-state index is 0.147. The molecule has 24 heavy (non-hydrogen) atoms. The van der Waals surface area contributed by atoms with Crippen molar-refractivity contribution >= 4 is 11.5 Å². The van der Waals surface area contributed by atoms with E-state index < -0.39 is 10.7 Å². The minimum atomic E-state index is -0.682. The van der Waals surface area contributed by atoms with Crippen molar-refractivity contribution in [2.24, 2.45) is 0 Å². The van der Waals surface area contributed by atoms with Crippen molar-refractivity contribution < 1.29 is 18.8 Å². The number of hydrogen-bond acceptors (Lipinski definition) is 7. The minimum Gasteiger partial charge on any atom is -0.382 e. The van der Waals surface area contributed by atoms with Gasteiger partial charge in [0.05, 0.1) is 41.5 Å². The van der Waals surface area contributed by atoms with Crippen molar-refractivity contribution in [2.75, 3.05) is 32.8 Å². The first-order valence-electron chi connectivity index (χ1n) is 7.06. The number of anilines is 1. The molecule has 0 radical (unpaired) electrons. The van der Waals surface area contributed by atoms with Gasteiger partial charge in [0.25, 0.3) is 5.69 Å². The van der Waals surface area contributed by atoms with Crippen molar-refractivity contribution in [2.45, 2.75) is 6.04 Å². The van der Waals surface area contributed by atoms with Crippen LogP contribution >= 0.6 is 0 Å². The summed E-state index contributed by atoms with van der Waals surface area (Å²) in [6, 6.07) is 4.74. The molecule has 2 aromatic rings. The number of rotatable bonds is 8. The number of nitro benzene ring substituents is 1. The van der Waals surface area contributed by atoms with E-state index in [0.717, 1.165) is 12.1 Å². The summed E-state index contributed by atoms with van der Waals surface area (Å²) < 4.78 is 23.4. The molecule has 0 aliphatic heterocycles. The molecule has 128 valence electrons. The van der Waals surface area contributed by atoms with E-state index in [1.807, 2.05) is 0 Å². The zero-order valence-corrected chi connectivity index (χ0v) is 13.2. The predicted molar refractivity (Wildman–Crippen MR) is 85.2 cm³/mol. The summed E-state index contributed by atoms with van der Waals surface area (Å²) in [5, 5.41) is 14.2. The zero-order valence-electron chi connectivity index (χ0n) is 13.2. The van der Waals surface area contributed by atoms with Crippen molar-refractivity contribution in [1.82, 2.24) is 9.97 Å². The summed E-state index contributed by atoms with van der Waals surface area (Å²) in [5.41, 5.74) is 0.166. The fraction of sp³-hybridized carbons (Fsp3) is 0.333. The van der Waals surface area contributed by atoms with Crippen LogP contribution in [-0.4, -0.2) is 48.4 Å². The maximum Gasteiger partial charge on any atom is 0.281 e. The Balaban J connectivity index is 2.32. The van der Waals surface area contributed by atoms with E-state index in [-0.39, 0.29) is 17.3 Å². The first-order chi connectivity index (χ1) is 11.5. The lowest BCUT2D eigenvalue weighted by molar-refractivity contribution is -0.384. The van der Waals surface area contributed by atoms with Gasteiger partial charge in [-0.25, -0.2) is 14.4 Å². The first-order valence-corrected chi connectivity index (χ1v) is 7.06. The highest BCUT2D eigenvalue weighted by molar-refractivity contribution is 5.72. The highest BCUT2D eigenvalue weighted by Gasteiger charge is 2.18. The van der Waals surface area contributed by atoms with Crippen molar-refractivity contribution in [3.8, 4) is 11.3 Å². The third-order valence-corrected chi connectivity index (χ3v) is 3.19. The molecule has 0 atom stereocenters. The van der Waals surface area contributed by atoms with Crippen LogP contribution in [-0.2, 0) is 9.47 Å². The second-order valence-corrected chi connectivity index (χ2v) is 4.96. The summed E-state index contributed by atoms with van der Waals surface area (Å²) in [6.45, 7) is 0.785. The van der Waals surface area contributed by atoms with Crippen molar-refractivity contribution in [1.29, 1.82) is 0 Å². The third kappa shape index (κ3) is 4.43. The predicted octanol–water partition coefficient (Wildman–Crippen LogP) is 2.26. The van der Waals surface area contributed by atoms with Gasteiger partial charge in [0.1, 0.15) is 18.0 Å². The maximum atomic E-state index is 13.3. The van der Waals surface area contributed by atoms with Gasteiger partial charge >= 0.3 is 0 Å². The number of benzene rings is 1. The number of methoxy groups -OCH3 is 2. The highest BCUT2D eigenvalue weighted by atomic mass is 19.1. The molecule has 0 saturated heterocycles.